The van der Waals surface area contributed by atoms with E-state index in [1.807, 2.05) is 0 Å². The molecule has 8 nitrogen and oxygen atoms in total. The van der Waals surface area contributed by atoms with Gasteiger partial charge in [0.15, 0.2) is 6.10 Å². The van der Waals surface area contributed by atoms with Gasteiger partial charge in [-0.05, 0) is 50.3 Å². The first-order valence-corrected chi connectivity index (χ1v) is 11.5. The molecular formula is C22H24ClF3N2O6. The molecule has 2 atom stereocenters. The third-order valence-corrected chi connectivity index (χ3v) is 7.20. The van der Waals surface area contributed by atoms with Gasteiger partial charge in [0.05, 0.1) is 17.8 Å². The zero-order chi connectivity index (χ0) is 24.3. The topological polar surface area (TPSA) is 106 Å². The summed E-state index contributed by atoms with van der Waals surface area (Å²) in [5.41, 5.74) is -0.321. The van der Waals surface area contributed by atoms with Crippen molar-refractivity contribution in [3.8, 4) is 5.75 Å². The van der Waals surface area contributed by atoms with Crippen LogP contribution in [0.1, 0.15) is 50.2 Å². The zero-order valence-electron chi connectivity index (χ0n) is 18.0. The molecule has 0 radical (unpaired) electrons. The third kappa shape index (κ3) is 4.71. The first kappa shape index (κ1) is 23.7. The Hall–Kier alpha value is -2.08. The predicted octanol–water partition coefficient (Wildman–Crippen LogP) is 2.52. The monoisotopic (exact) mass is 504 g/mol. The van der Waals surface area contributed by atoms with Gasteiger partial charge < -0.3 is 25.2 Å². The molecule has 1 aromatic carbocycles. The van der Waals surface area contributed by atoms with Gasteiger partial charge in [0, 0.05) is 28.6 Å². The first-order valence-electron chi connectivity index (χ1n) is 11.1. The largest absolute Gasteiger partial charge is 0.522 e. The zero-order valence-corrected chi connectivity index (χ0v) is 18.7. The SMILES string of the molecule is O=C(COC12CC(NC(=O)[C@H]3C[C@@H](O)c4cc(Cl)ccc4O3)(C1)C2)N[C@H]1C[C@@H](OC(F)(F)F)C1. The van der Waals surface area contributed by atoms with E-state index in [-0.39, 0.29) is 43.7 Å². The van der Waals surface area contributed by atoms with Gasteiger partial charge in [0.25, 0.3) is 5.91 Å². The second kappa shape index (κ2) is 8.25. The fraction of sp³-hybridized carbons (Fsp3) is 0.636. The van der Waals surface area contributed by atoms with E-state index in [1.165, 1.54) is 0 Å². The number of hydrogen-bond donors (Lipinski definition) is 3. The molecule has 0 saturated heterocycles. The summed E-state index contributed by atoms with van der Waals surface area (Å²) in [4.78, 5) is 24.8. The van der Waals surface area contributed by atoms with Crippen molar-refractivity contribution < 1.29 is 42.1 Å². The van der Waals surface area contributed by atoms with Crippen molar-refractivity contribution in [2.45, 2.75) is 80.4 Å². The quantitative estimate of drug-likeness (QED) is 0.527. The normalized spacial score (nSPS) is 35.6. The van der Waals surface area contributed by atoms with Gasteiger partial charge in [-0.25, -0.2) is 0 Å². The molecule has 1 aromatic rings. The summed E-state index contributed by atoms with van der Waals surface area (Å²) >= 11 is 5.95. The molecular weight excluding hydrogens is 481 g/mol. The molecule has 1 heterocycles. The number of hydrogen-bond acceptors (Lipinski definition) is 6. The minimum absolute atomic E-state index is 0.112. The lowest BCUT2D eigenvalue weighted by Gasteiger charge is -2.69. The van der Waals surface area contributed by atoms with E-state index in [1.54, 1.807) is 18.2 Å². The Labute approximate surface area is 198 Å². The third-order valence-electron chi connectivity index (χ3n) is 6.97. The van der Waals surface area contributed by atoms with Crippen LogP contribution in [0.25, 0.3) is 0 Å². The number of aliphatic hydroxyl groups is 1. The summed E-state index contributed by atoms with van der Waals surface area (Å²) in [5.74, 6) is -0.276. The Bertz CT molecular complexity index is 980. The van der Waals surface area contributed by atoms with Crippen LogP contribution in [-0.2, 0) is 19.1 Å². The van der Waals surface area contributed by atoms with Gasteiger partial charge in [-0.2, -0.15) is 0 Å². The van der Waals surface area contributed by atoms with Crippen LogP contribution in [0.3, 0.4) is 0 Å². The summed E-state index contributed by atoms with van der Waals surface area (Å²) in [6, 6.07) is 4.52. The van der Waals surface area contributed by atoms with Crippen molar-refractivity contribution in [2.75, 3.05) is 6.61 Å². The van der Waals surface area contributed by atoms with E-state index in [0.717, 1.165) is 0 Å². The van der Waals surface area contributed by atoms with Gasteiger partial charge in [0.1, 0.15) is 12.4 Å². The molecule has 2 amide bonds. The van der Waals surface area contributed by atoms with Gasteiger partial charge in [-0.15, -0.1) is 13.2 Å². The molecule has 1 aliphatic heterocycles. The summed E-state index contributed by atoms with van der Waals surface area (Å²) in [6.07, 6.45) is -5.25. The van der Waals surface area contributed by atoms with E-state index in [2.05, 4.69) is 15.4 Å². The number of carbonyl (C=O) groups is 2. The van der Waals surface area contributed by atoms with E-state index >= 15 is 0 Å². The number of alkyl halides is 3. The fourth-order valence-corrected chi connectivity index (χ4v) is 5.54. The summed E-state index contributed by atoms with van der Waals surface area (Å²) < 4.78 is 51.8. The average Bonchev–Trinajstić information content (AvgIpc) is 2.66. The van der Waals surface area contributed by atoms with Crippen LogP contribution in [-0.4, -0.2) is 59.3 Å². The molecule has 0 unspecified atom stereocenters. The van der Waals surface area contributed by atoms with Crippen LogP contribution >= 0.6 is 11.6 Å². The minimum atomic E-state index is -4.67. The van der Waals surface area contributed by atoms with Gasteiger partial charge in [-0.1, -0.05) is 11.6 Å². The van der Waals surface area contributed by atoms with Gasteiger partial charge in [-0.3, -0.25) is 14.3 Å². The van der Waals surface area contributed by atoms with Crippen molar-refractivity contribution in [1.82, 2.24) is 10.6 Å². The standard InChI is InChI=1S/C22H24ClF3N2O6/c23-11-1-2-16-14(3-11)15(29)6-17(33-16)19(31)28-20-8-21(9-20,10-20)32-7-18(30)27-12-4-13(5-12)34-22(24,25)26/h1-3,12-13,15,17,29H,4-10H2,(H,27,30)(H,28,31)/t12-,13+,15-,17-,20?,21?/m1/s1. The van der Waals surface area contributed by atoms with Crippen LogP contribution < -0.4 is 15.4 Å². The summed E-state index contributed by atoms with van der Waals surface area (Å²) in [7, 11) is 0. The second-order valence-corrected chi connectivity index (χ2v) is 10.2. The van der Waals surface area contributed by atoms with Crippen LogP contribution in [0, 0.1) is 0 Å². The van der Waals surface area contributed by atoms with Crippen molar-refractivity contribution in [3.63, 3.8) is 0 Å². The molecule has 12 heteroatoms. The summed E-state index contributed by atoms with van der Waals surface area (Å²) in [5, 5.41) is 16.5. The summed E-state index contributed by atoms with van der Waals surface area (Å²) in [6.45, 7) is -0.192. The highest BCUT2D eigenvalue weighted by Crippen LogP contribution is 2.62. The average molecular weight is 505 g/mol. The van der Waals surface area contributed by atoms with Gasteiger partial charge in [0.2, 0.25) is 5.91 Å². The molecule has 5 aliphatic rings. The Morgan fingerprint density at radius 2 is 1.91 bits per heavy atom. The first-order chi connectivity index (χ1) is 15.9. The molecule has 0 aromatic heterocycles. The van der Waals surface area contributed by atoms with E-state index < -0.39 is 35.8 Å². The highest BCUT2D eigenvalue weighted by Gasteiger charge is 2.70. The lowest BCUT2D eigenvalue weighted by molar-refractivity contribution is -0.351. The molecule has 34 heavy (non-hydrogen) atoms. The van der Waals surface area contributed by atoms with Gasteiger partial charge >= 0.3 is 6.36 Å². The molecule has 6 rings (SSSR count). The van der Waals surface area contributed by atoms with Crippen LogP contribution in [0.2, 0.25) is 5.02 Å². The second-order valence-electron chi connectivity index (χ2n) is 9.73. The molecule has 4 saturated carbocycles. The van der Waals surface area contributed by atoms with Crippen molar-refractivity contribution in [1.29, 1.82) is 0 Å². The van der Waals surface area contributed by atoms with E-state index in [9.17, 15) is 27.9 Å². The lowest BCUT2D eigenvalue weighted by atomic mass is 9.46. The number of halogens is 4. The van der Waals surface area contributed by atoms with Crippen molar-refractivity contribution in [2.24, 2.45) is 0 Å². The highest BCUT2D eigenvalue weighted by atomic mass is 35.5. The molecule has 3 N–H and O–H groups in total. The fourth-order valence-electron chi connectivity index (χ4n) is 5.36. The lowest BCUT2D eigenvalue weighted by Crippen LogP contribution is -2.80. The highest BCUT2D eigenvalue weighted by molar-refractivity contribution is 6.30. The Morgan fingerprint density at radius 1 is 1.21 bits per heavy atom. The minimum Gasteiger partial charge on any atom is -0.480 e. The number of aliphatic hydroxyl groups excluding tert-OH is 1. The van der Waals surface area contributed by atoms with Crippen LogP contribution in [0.5, 0.6) is 5.75 Å². The Balaban J connectivity index is 1.02. The number of rotatable bonds is 7. The smallest absolute Gasteiger partial charge is 0.480 e. The van der Waals surface area contributed by atoms with Crippen molar-refractivity contribution in [3.05, 3.63) is 28.8 Å². The Kier molecular flexibility index (Phi) is 5.74. The maximum Gasteiger partial charge on any atom is 0.522 e. The number of benzene rings is 1. The van der Waals surface area contributed by atoms with E-state index in [4.69, 9.17) is 21.1 Å². The van der Waals surface area contributed by atoms with Crippen LogP contribution in [0.15, 0.2) is 18.2 Å². The molecule has 4 aliphatic carbocycles. The molecule has 186 valence electrons. The number of fused-ring (bicyclic) bond motifs is 1. The molecule has 4 fully saturated rings. The number of carbonyl (C=O) groups excluding carboxylic acids is 2. The predicted molar refractivity (Wildman–Crippen MR) is 111 cm³/mol. The molecule has 0 spiro atoms. The van der Waals surface area contributed by atoms with E-state index in [0.29, 0.717) is 35.6 Å². The molecule has 2 bridgehead atoms. The maximum atomic E-state index is 12.7. The maximum absolute atomic E-state index is 12.7. The Morgan fingerprint density at radius 3 is 2.59 bits per heavy atom. The number of ether oxygens (including phenoxy) is 3. The van der Waals surface area contributed by atoms with Crippen LogP contribution in [0.4, 0.5) is 13.2 Å². The van der Waals surface area contributed by atoms with Crippen molar-refractivity contribution >= 4 is 23.4 Å². The number of nitrogens with one attached hydrogen (secondary N) is 2. The number of amides is 2.